The van der Waals surface area contributed by atoms with Crippen LogP contribution in [0.5, 0.6) is 0 Å². The second kappa shape index (κ2) is 8.12. The van der Waals surface area contributed by atoms with Gasteiger partial charge in [-0.05, 0) is 44.6 Å². The van der Waals surface area contributed by atoms with Crippen molar-refractivity contribution in [1.29, 1.82) is 0 Å². The van der Waals surface area contributed by atoms with E-state index >= 15 is 0 Å². The van der Waals surface area contributed by atoms with Gasteiger partial charge in [-0.1, -0.05) is 22.5 Å². The Balaban J connectivity index is 2.72. The lowest BCUT2D eigenvalue weighted by molar-refractivity contribution is -0.0878. The van der Waals surface area contributed by atoms with Crippen LogP contribution in [0.25, 0.3) is 0 Å². The van der Waals surface area contributed by atoms with Crippen LogP contribution in [0.1, 0.15) is 20.8 Å². The Bertz CT molecular complexity index is 629. The van der Waals surface area contributed by atoms with E-state index < -0.39 is 23.4 Å². The first kappa shape index (κ1) is 21.3. The maximum absolute atomic E-state index is 12.5. The molecule has 0 fully saturated rings. The highest BCUT2D eigenvalue weighted by atomic mass is 79.9. The molecular weight excluding hydrogens is 401 g/mol. The molecule has 0 aromatic heterocycles. The summed E-state index contributed by atoms with van der Waals surface area (Å²) in [6, 6.07) is 0. The summed E-state index contributed by atoms with van der Waals surface area (Å²) in [6.45, 7) is 9.10. The van der Waals surface area contributed by atoms with Crippen molar-refractivity contribution in [3.63, 3.8) is 0 Å². The largest absolute Gasteiger partial charge is 0.444 e. The number of amides is 1. The normalized spacial score (nSPS) is 17.6. The van der Waals surface area contributed by atoms with Gasteiger partial charge in [-0.2, -0.15) is 13.2 Å². The summed E-state index contributed by atoms with van der Waals surface area (Å²) in [5, 5.41) is 2.65. The number of hydrogen-bond donors (Lipinski definition) is 1. The van der Waals surface area contributed by atoms with Crippen LogP contribution in [0.3, 0.4) is 0 Å². The average Bonchev–Trinajstić information content (AvgIpc) is 2.73. The van der Waals surface area contributed by atoms with Crippen LogP contribution in [0.15, 0.2) is 46.1 Å². The van der Waals surface area contributed by atoms with Crippen molar-refractivity contribution in [2.45, 2.75) is 32.5 Å². The molecule has 0 saturated carbocycles. The van der Waals surface area contributed by atoms with Crippen molar-refractivity contribution in [2.24, 2.45) is 0 Å². The fourth-order valence-electron chi connectivity index (χ4n) is 1.96. The average molecular weight is 423 g/mol. The molecular formula is C17H22BrF3N2O2. The molecule has 1 aliphatic heterocycles. The molecule has 1 amide bonds. The SMILES string of the molecule is C=C(/C=C(Br)\C=C1\C=C(CNC(=O)OC(C)(C)C)N(C)C1)C(F)(F)F. The van der Waals surface area contributed by atoms with Crippen LogP contribution in [0.2, 0.25) is 0 Å². The van der Waals surface area contributed by atoms with Gasteiger partial charge in [-0.3, -0.25) is 0 Å². The molecule has 4 nitrogen and oxygen atoms in total. The minimum atomic E-state index is -4.46. The number of carbonyl (C=O) groups is 1. The third-order valence-electron chi connectivity index (χ3n) is 3.07. The summed E-state index contributed by atoms with van der Waals surface area (Å²) in [5.74, 6) is 0. The van der Waals surface area contributed by atoms with Crippen LogP contribution >= 0.6 is 15.9 Å². The lowest BCUT2D eigenvalue weighted by atomic mass is 10.2. The molecule has 140 valence electrons. The van der Waals surface area contributed by atoms with Gasteiger partial charge in [0.15, 0.2) is 0 Å². The summed E-state index contributed by atoms with van der Waals surface area (Å²) < 4.78 is 42.9. The lowest BCUT2D eigenvalue weighted by Crippen LogP contribution is -2.35. The van der Waals surface area contributed by atoms with Gasteiger partial charge in [-0.15, -0.1) is 0 Å². The number of ether oxygens (including phenoxy) is 1. The van der Waals surface area contributed by atoms with Crippen LogP contribution in [-0.2, 0) is 4.74 Å². The first-order valence-corrected chi connectivity index (χ1v) is 8.29. The maximum atomic E-state index is 12.5. The molecule has 1 N–H and O–H groups in total. The van der Waals surface area contributed by atoms with E-state index in [0.717, 1.165) is 17.3 Å². The summed E-state index contributed by atoms with van der Waals surface area (Å²) in [5.41, 5.74) is 0.119. The Morgan fingerprint density at radius 3 is 2.56 bits per heavy atom. The minimum absolute atomic E-state index is 0.263. The summed E-state index contributed by atoms with van der Waals surface area (Å²) in [4.78, 5) is 13.6. The number of nitrogens with one attached hydrogen (secondary N) is 1. The smallest absolute Gasteiger partial charge is 0.415 e. The van der Waals surface area contributed by atoms with Gasteiger partial charge in [-0.25, -0.2) is 4.79 Å². The van der Waals surface area contributed by atoms with Gasteiger partial charge < -0.3 is 15.0 Å². The third kappa shape index (κ3) is 7.81. The van der Waals surface area contributed by atoms with Gasteiger partial charge in [0, 0.05) is 29.3 Å². The molecule has 0 unspecified atom stereocenters. The fourth-order valence-corrected chi connectivity index (χ4v) is 2.53. The summed E-state index contributed by atoms with van der Waals surface area (Å²) in [6.07, 6.45) is -0.654. The molecule has 1 heterocycles. The number of alkyl halides is 3. The van der Waals surface area contributed by atoms with E-state index in [0.29, 0.717) is 6.54 Å². The van der Waals surface area contributed by atoms with Gasteiger partial charge in [0.2, 0.25) is 0 Å². The molecule has 0 aromatic carbocycles. The van der Waals surface area contributed by atoms with Crippen LogP contribution < -0.4 is 5.32 Å². The topological polar surface area (TPSA) is 41.6 Å². The Kier molecular flexibility index (Phi) is 6.93. The maximum Gasteiger partial charge on any atom is 0.415 e. The number of rotatable bonds is 4. The third-order valence-corrected chi connectivity index (χ3v) is 3.53. The molecule has 1 aliphatic rings. The van der Waals surface area contributed by atoms with Gasteiger partial charge >= 0.3 is 12.3 Å². The van der Waals surface area contributed by atoms with Crippen LogP contribution in [0, 0.1) is 0 Å². The zero-order valence-electron chi connectivity index (χ0n) is 14.6. The van der Waals surface area contributed by atoms with E-state index in [1.165, 1.54) is 0 Å². The van der Waals surface area contributed by atoms with E-state index in [9.17, 15) is 18.0 Å². The quantitative estimate of drug-likeness (QED) is 0.669. The standard InChI is InChI=1S/C17H22BrF3N2O2/c1-11(17(19,20)21)6-13(18)7-12-8-14(23(5)10-12)9-22-15(24)25-16(2,3)4/h6-8H,1,9-10H2,2-5H3,(H,22,24)/b12-7-,13-6+. The highest BCUT2D eigenvalue weighted by Crippen LogP contribution is 2.28. The zero-order valence-corrected chi connectivity index (χ0v) is 16.2. The molecule has 0 atom stereocenters. The number of halogens is 4. The first-order valence-electron chi connectivity index (χ1n) is 7.50. The minimum Gasteiger partial charge on any atom is -0.444 e. The van der Waals surface area contributed by atoms with Crippen molar-refractivity contribution in [3.05, 3.63) is 46.1 Å². The highest BCUT2D eigenvalue weighted by Gasteiger charge is 2.30. The first-order chi connectivity index (χ1) is 11.3. The molecule has 0 aromatic rings. The molecule has 0 saturated heterocycles. The molecule has 25 heavy (non-hydrogen) atoms. The van der Waals surface area contributed by atoms with E-state index in [2.05, 4.69) is 27.8 Å². The number of carbonyl (C=O) groups excluding carboxylic acids is 1. The van der Waals surface area contributed by atoms with Crippen molar-refractivity contribution >= 4 is 22.0 Å². The van der Waals surface area contributed by atoms with Crippen molar-refractivity contribution < 1.29 is 22.7 Å². The zero-order chi connectivity index (χ0) is 19.4. The molecule has 0 radical (unpaired) electrons. The van der Waals surface area contributed by atoms with E-state index in [-0.39, 0.29) is 11.0 Å². The van der Waals surface area contributed by atoms with E-state index in [1.807, 2.05) is 18.0 Å². The van der Waals surface area contributed by atoms with Crippen molar-refractivity contribution in [1.82, 2.24) is 10.2 Å². The van der Waals surface area contributed by atoms with Crippen molar-refractivity contribution in [3.8, 4) is 0 Å². The van der Waals surface area contributed by atoms with E-state index in [1.54, 1.807) is 26.8 Å². The molecule has 0 spiro atoms. The Morgan fingerprint density at radius 2 is 2.04 bits per heavy atom. The second-order valence-corrected chi connectivity index (χ2v) is 7.53. The van der Waals surface area contributed by atoms with Crippen LogP contribution in [-0.4, -0.2) is 42.9 Å². The van der Waals surface area contributed by atoms with Gasteiger partial charge in [0.1, 0.15) is 5.60 Å². The number of hydrogen-bond acceptors (Lipinski definition) is 3. The molecule has 0 aliphatic carbocycles. The second-order valence-electron chi connectivity index (χ2n) is 6.62. The number of likely N-dealkylation sites (N-methyl/N-ethyl adjacent to an activating group) is 1. The Labute approximate surface area is 154 Å². The van der Waals surface area contributed by atoms with Gasteiger partial charge in [0.25, 0.3) is 0 Å². The molecule has 8 heteroatoms. The Morgan fingerprint density at radius 1 is 1.44 bits per heavy atom. The summed E-state index contributed by atoms with van der Waals surface area (Å²) >= 11 is 3.10. The highest BCUT2D eigenvalue weighted by molar-refractivity contribution is 9.11. The predicted octanol–water partition coefficient (Wildman–Crippen LogP) is 4.66. The fraction of sp³-hybridized carbons (Fsp3) is 0.471. The monoisotopic (exact) mass is 422 g/mol. The Hall–Kier alpha value is -1.70. The van der Waals surface area contributed by atoms with Crippen molar-refractivity contribution in [2.75, 3.05) is 20.1 Å². The van der Waals surface area contributed by atoms with Gasteiger partial charge in [0.05, 0.1) is 6.54 Å². The van der Waals surface area contributed by atoms with Crippen LogP contribution in [0.4, 0.5) is 18.0 Å². The number of allylic oxidation sites excluding steroid dienone is 4. The summed E-state index contributed by atoms with van der Waals surface area (Å²) in [7, 11) is 1.83. The van der Waals surface area contributed by atoms with E-state index in [4.69, 9.17) is 4.74 Å². The molecule has 1 rings (SSSR count). The molecule has 0 bridgehead atoms. The number of alkyl carbamates (subject to hydrolysis) is 1. The number of nitrogens with zero attached hydrogens (tertiary/aromatic N) is 1. The predicted molar refractivity (Wildman–Crippen MR) is 95.2 cm³/mol. The lowest BCUT2D eigenvalue weighted by Gasteiger charge is -2.21.